The molecule has 0 spiro atoms. The number of hydrogen-bond acceptors (Lipinski definition) is 6. The van der Waals surface area contributed by atoms with E-state index < -0.39 is 15.9 Å². The van der Waals surface area contributed by atoms with E-state index in [2.05, 4.69) is 16.4 Å². The maximum Gasteiger partial charge on any atom is 0.179 e. The van der Waals surface area contributed by atoms with Crippen molar-refractivity contribution in [2.75, 3.05) is 17.6 Å². The Morgan fingerprint density at radius 3 is 2.95 bits per heavy atom. The molecule has 0 saturated carbocycles. The average molecular weight is 317 g/mol. The van der Waals surface area contributed by atoms with Crippen molar-refractivity contribution in [2.24, 2.45) is 0 Å². The molecule has 7 heteroatoms. The van der Waals surface area contributed by atoms with Crippen LogP contribution in [0, 0.1) is 11.3 Å². The second-order valence-corrected chi connectivity index (χ2v) is 7.47. The first kappa shape index (κ1) is 14.8. The summed E-state index contributed by atoms with van der Waals surface area (Å²) in [7, 11) is -3.25. The van der Waals surface area contributed by atoms with Gasteiger partial charge in [-0.05, 0) is 31.0 Å². The number of rotatable bonds is 3. The summed E-state index contributed by atoms with van der Waals surface area (Å²) in [6, 6.07) is 5.31. The molecule has 2 N–H and O–H groups in total. The van der Waals surface area contributed by atoms with Crippen LogP contribution in [0.2, 0.25) is 0 Å². The van der Waals surface area contributed by atoms with Gasteiger partial charge in [-0.2, -0.15) is 5.26 Å². The molecule has 0 fully saturated rings. The number of aliphatic hydroxyl groups excluding tert-OH is 1. The summed E-state index contributed by atoms with van der Waals surface area (Å²) in [5.41, 5.74) is 2.23. The van der Waals surface area contributed by atoms with E-state index >= 15 is 0 Å². The molecule has 0 amide bonds. The topological polar surface area (TPSA) is 103 Å². The van der Waals surface area contributed by atoms with Crippen LogP contribution in [0.15, 0.2) is 23.2 Å². The largest absolute Gasteiger partial charge is 0.392 e. The summed E-state index contributed by atoms with van der Waals surface area (Å²) in [5, 5.41) is 22.5. The van der Waals surface area contributed by atoms with Crippen molar-refractivity contribution in [2.45, 2.75) is 24.3 Å². The van der Waals surface area contributed by atoms with E-state index in [0.717, 1.165) is 0 Å². The van der Waals surface area contributed by atoms with Gasteiger partial charge in [0, 0.05) is 18.1 Å². The Bertz CT molecular complexity index is 898. The molecule has 0 aliphatic carbocycles. The maximum absolute atomic E-state index is 12.1. The van der Waals surface area contributed by atoms with Crippen LogP contribution in [0.25, 0.3) is 10.9 Å². The number of sulfone groups is 1. The number of hydrogen-bond donors (Lipinski definition) is 2. The van der Waals surface area contributed by atoms with Crippen LogP contribution in [0.1, 0.15) is 18.1 Å². The van der Waals surface area contributed by atoms with E-state index in [1.54, 1.807) is 19.1 Å². The van der Waals surface area contributed by atoms with Gasteiger partial charge in [0.2, 0.25) is 0 Å². The van der Waals surface area contributed by atoms with Gasteiger partial charge in [-0.1, -0.05) is 0 Å². The van der Waals surface area contributed by atoms with Gasteiger partial charge in [0.1, 0.15) is 6.07 Å². The van der Waals surface area contributed by atoms with E-state index in [1.165, 1.54) is 6.20 Å². The predicted octanol–water partition coefficient (Wildman–Crippen LogP) is 1.23. The fraction of sp³-hybridized carbons (Fsp3) is 0.333. The number of aliphatic hydroxyl groups is 1. The molecule has 114 valence electrons. The molecule has 1 aromatic heterocycles. The standard InChI is InChI=1S/C15H15N3O3S/c1-9(19)7-18-15-10(6-16)8-17-12-2-3-13-11(14(12)15)4-5-22(13,20)21/h2-3,8-9,19H,4-5,7H2,1H3,(H,17,18)/t9-/m1/s1. The molecule has 6 nitrogen and oxygen atoms in total. The summed E-state index contributed by atoms with van der Waals surface area (Å²) in [6.07, 6.45) is 1.28. The third kappa shape index (κ3) is 2.30. The van der Waals surface area contributed by atoms with Crippen LogP contribution in [0.3, 0.4) is 0 Å². The fourth-order valence-electron chi connectivity index (χ4n) is 2.74. The lowest BCUT2D eigenvalue weighted by atomic mass is 10.0. The SMILES string of the molecule is C[C@@H](O)CNc1c(C#N)cnc2ccc3c(c12)CCS3(=O)=O. The highest BCUT2D eigenvalue weighted by molar-refractivity contribution is 7.91. The Kier molecular flexibility index (Phi) is 3.51. The third-order valence-electron chi connectivity index (χ3n) is 3.75. The average Bonchev–Trinajstić information content (AvgIpc) is 2.79. The smallest absolute Gasteiger partial charge is 0.179 e. The van der Waals surface area contributed by atoms with Crippen LogP contribution in [0.4, 0.5) is 5.69 Å². The van der Waals surface area contributed by atoms with Gasteiger partial charge in [-0.15, -0.1) is 0 Å². The van der Waals surface area contributed by atoms with Crippen molar-refractivity contribution < 1.29 is 13.5 Å². The Morgan fingerprint density at radius 1 is 1.50 bits per heavy atom. The number of fused-ring (bicyclic) bond motifs is 3. The molecule has 1 aromatic carbocycles. The van der Waals surface area contributed by atoms with E-state index in [9.17, 15) is 18.8 Å². The number of nitrogens with zero attached hydrogens (tertiary/aromatic N) is 2. The molecule has 2 aromatic rings. The Hall–Kier alpha value is -2.17. The monoisotopic (exact) mass is 317 g/mol. The van der Waals surface area contributed by atoms with Gasteiger partial charge in [0.25, 0.3) is 0 Å². The maximum atomic E-state index is 12.1. The van der Waals surface area contributed by atoms with E-state index in [-0.39, 0.29) is 12.3 Å². The summed E-state index contributed by atoms with van der Waals surface area (Å²) < 4.78 is 24.2. The lowest BCUT2D eigenvalue weighted by molar-refractivity contribution is 0.208. The Balaban J connectivity index is 2.31. The molecule has 2 heterocycles. The highest BCUT2D eigenvalue weighted by Gasteiger charge is 2.29. The number of benzene rings is 1. The van der Waals surface area contributed by atoms with Crippen molar-refractivity contribution >= 4 is 26.4 Å². The second kappa shape index (κ2) is 5.23. The zero-order valence-electron chi connectivity index (χ0n) is 12.0. The van der Waals surface area contributed by atoms with Crippen molar-refractivity contribution in [3.63, 3.8) is 0 Å². The third-order valence-corrected chi connectivity index (χ3v) is 5.54. The Labute approximate surface area is 128 Å². The second-order valence-electron chi connectivity index (χ2n) is 5.39. The van der Waals surface area contributed by atoms with E-state index in [4.69, 9.17) is 0 Å². The van der Waals surface area contributed by atoms with Crippen LogP contribution < -0.4 is 5.32 Å². The number of nitriles is 1. The van der Waals surface area contributed by atoms with Crippen LogP contribution in [-0.2, 0) is 16.3 Å². The van der Waals surface area contributed by atoms with Crippen LogP contribution in [0.5, 0.6) is 0 Å². The minimum Gasteiger partial charge on any atom is -0.392 e. The molecule has 3 rings (SSSR count). The summed E-state index contributed by atoms with van der Waals surface area (Å²) in [4.78, 5) is 4.56. The molecule has 22 heavy (non-hydrogen) atoms. The van der Waals surface area contributed by atoms with Gasteiger partial charge in [0.05, 0.1) is 33.5 Å². The molecule has 1 atom stereocenters. The van der Waals surface area contributed by atoms with Gasteiger partial charge in [-0.25, -0.2) is 8.42 Å². The fourth-order valence-corrected chi connectivity index (χ4v) is 4.29. The molecule has 1 aliphatic rings. The minimum atomic E-state index is -3.25. The normalized spacial score (nSPS) is 17.0. The summed E-state index contributed by atoms with van der Waals surface area (Å²) >= 11 is 0. The molecule has 0 bridgehead atoms. The van der Waals surface area contributed by atoms with E-state index in [1.807, 2.05) is 0 Å². The number of nitrogens with one attached hydrogen (secondary N) is 1. The van der Waals surface area contributed by atoms with Crippen molar-refractivity contribution in [1.29, 1.82) is 5.26 Å². The summed E-state index contributed by atoms with van der Waals surface area (Å²) in [5.74, 6) is 0.0775. The molecule has 0 saturated heterocycles. The molecule has 0 radical (unpaired) electrons. The number of pyridine rings is 1. The van der Waals surface area contributed by atoms with Gasteiger partial charge in [-0.3, -0.25) is 4.98 Å². The molecular formula is C15H15N3O3S. The minimum absolute atomic E-state index is 0.0775. The van der Waals surface area contributed by atoms with E-state index in [0.29, 0.717) is 39.0 Å². The summed E-state index contributed by atoms with van der Waals surface area (Å²) in [6.45, 7) is 1.90. The number of anilines is 1. The quantitative estimate of drug-likeness (QED) is 0.882. The first-order valence-corrected chi connectivity index (χ1v) is 8.58. The highest BCUT2D eigenvalue weighted by atomic mass is 32.2. The lowest BCUT2D eigenvalue weighted by Crippen LogP contribution is -2.16. The van der Waals surface area contributed by atoms with Crippen molar-refractivity contribution in [3.05, 3.63) is 29.5 Å². The van der Waals surface area contributed by atoms with Crippen molar-refractivity contribution in [1.82, 2.24) is 4.98 Å². The number of aromatic nitrogens is 1. The van der Waals surface area contributed by atoms with Crippen LogP contribution >= 0.6 is 0 Å². The highest BCUT2D eigenvalue weighted by Crippen LogP contribution is 2.36. The first-order chi connectivity index (χ1) is 10.4. The van der Waals surface area contributed by atoms with Gasteiger partial charge in [0.15, 0.2) is 9.84 Å². The predicted molar refractivity (Wildman–Crippen MR) is 82.4 cm³/mol. The van der Waals surface area contributed by atoms with Gasteiger partial charge < -0.3 is 10.4 Å². The first-order valence-electron chi connectivity index (χ1n) is 6.93. The number of aryl methyl sites for hydroxylation is 1. The zero-order valence-corrected chi connectivity index (χ0v) is 12.8. The lowest BCUT2D eigenvalue weighted by Gasteiger charge is -2.15. The molecule has 1 aliphatic heterocycles. The molecular weight excluding hydrogens is 302 g/mol. The molecule has 0 unspecified atom stereocenters. The Morgan fingerprint density at radius 2 is 2.27 bits per heavy atom. The van der Waals surface area contributed by atoms with Gasteiger partial charge >= 0.3 is 0 Å². The zero-order chi connectivity index (χ0) is 15.9. The van der Waals surface area contributed by atoms with Crippen molar-refractivity contribution in [3.8, 4) is 6.07 Å². The van der Waals surface area contributed by atoms with Crippen LogP contribution in [-0.4, -0.2) is 36.9 Å².